The molecule has 1 N–H and O–H groups in total. The molecule has 1 saturated carbocycles. The number of nitrogens with zero attached hydrogens (tertiary/aromatic N) is 2. The van der Waals surface area contributed by atoms with Crippen LogP contribution in [0.5, 0.6) is 0 Å². The van der Waals surface area contributed by atoms with E-state index in [4.69, 9.17) is 0 Å². The lowest BCUT2D eigenvalue weighted by atomic mass is 9.89. The Hall–Kier alpha value is -0.480. The van der Waals surface area contributed by atoms with Gasteiger partial charge in [0.2, 0.25) is 0 Å². The van der Waals surface area contributed by atoms with Gasteiger partial charge in [0.15, 0.2) is 0 Å². The van der Waals surface area contributed by atoms with Crippen LogP contribution < -0.4 is 5.32 Å². The van der Waals surface area contributed by atoms with Gasteiger partial charge in [0.05, 0.1) is 10.6 Å². The lowest BCUT2D eigenvalue weighted by molar-refractivity contribution is 0.468. The van der Waals surface area contributed by atoms with Crippen LogP contribution in [0.25, 0.3) is 0 Å². The van der Waals surface area contributed by atoms with E-state index in [9.17, 15) is 0 Å². The quantitative estimate of drug-likeness (QED) is 0.875. The third-order valence-electron chi connectivity index (χ3n) is 3.21. The Morgan fingerprint density at radius 3 is 2.65 bits per heavy atom. The molecular formula is C13H23N3S. The molecule has 1 aliphatic carbocycles. The molecule has 0 bridgehead atoms. The van der Waals surface area contributed by atoms with E-state index in [1.807, 2.05) is 0 Å². The molecule has 1 aromatic heterocycles. The largest absolute Gasteiger partial charge is 0.309 e. The van der Waals surface area contributed by atoms with Gasteiger partial charge in [-0.15, -0.1) is 5.10 Å². The number of nitrogens with one attached hydrogen (secondary N) is 1. The standard InChI is InChI=1S/C13H23N3S/c1-5-8-14-10(9-6-7-9)11-12(13(2,3)4)15-16-17-11/h9-10,14H,5-8H2,1-4H3. The smallest absolute Gasteiger partial charge is 0.0857 e. The molecule has 96 valence electrons. The van der Waals surface area contributed by atoms with Crippen molar-refractivity contribution in [2.24, 2.45) is 5.92 Å². The molecule has 3 nitrogen and oxygen atoms in total. The van der Waals surface area contributed by atoms with Gasteiger partial charge in [-0.1, -0.05) is 32.2 Å². The zero-order chi connectivity index (χ0) is 12.5. The highest BCUT2D eigenvalue weighted by Crippen LogP contribution is 2.44. The Labute approximate surface area is 108 Å². The van der Waals surface area contributed by atoms with Crippen molar-refractivity contribution < 1.29 is 0 Å². The summed E-state index contributed by atoms with van der Waals surface area (Å²) in [4.78, 5) is 1.37. The van der Waals surface area contributed by atoms with E-state index in [0.717, 1.165) is 12.5 Å². The molecule has 0 amide bonds. The normalized spacial score (nSPS) is 18.4. The summed E-state index contributed by atoms with van der Waals surface area (Å²) in [5.41, 5.74) is 1.28. The summed E-state index contributed by atoms with van der Waals surface area (Å²) in [5, 5.41) is 8.03. The van der Waals surface area contributed by atoms with E-state index in [2.05, 4.69) is 42.6 Å². The van der Waals surface area contributed by atoms with Crippen molar-refractivity contribution in [3.8, 4) is 0 Å². The van der Waals surface area contributed by atoms with Crippen LogP contribution >= 0.6 is 11.5 Å². The molecule has 1 unspecified atom stereocenters. The van der Waals surface area contributed by atoms with Crippen molar-refractivity contribution in [1.29, 1.82) is 0 Å². The maximum atomic E-state index is 4.36. The molecule has 0 aliphatic heterocycles. The minimum atomic E-state index is 0.101. The summed E-state index contributed by atoms with van der Waals surface area (Å²) in [6.45, 7) is 9.96. The summed E-state index contributed by atoms with van der Waals surface area (Å²) in [6, 6.07) is 0.490. The van der Waals surface area contributed by atoms with Gasteiger partial charge < -0.3 is 5.32 Å². The molecule has 1 aromatic rings. The van der Waals surface area contributed by atoms with Gasteiger partial charge in [-0.05, 0) is 43.3 Å². The highest BCUT2D eigenvalue weighted by Gasteiger charge is 2.36. The Morgan fingerprint density at radius 1 is 1.41 bits per heavy atom. The van der Waals surface area contributed by atoms with Crippen LogP contribution in [0.3, 0.4) is 0 Å². The fraction of sp³-hybridized carbons (Fsp3) is 0.846. The Balaban J connectivity index is 2.20. The average molecular weight is 253 g/mol. The van der Waals surface area contributed by atoms with E-state index in [1.54, 1.807) is 11.5 Å². The number of rotatable bonds is 5. The second kappa shape index (κ2) is 5.02. The van der Waals surface area contributed by atoms with Gasteiger partial charge in [0, 0.05) is 11.5 Å². The van der Waals surface area contributed by atoms with E-state index >= 15 is 0 Å². The molecule has 0 radical (unpaired) electrons. The van der Waals surface area contributed by atoms with Crippen molar-refractivity contribution >= 4 is 11.5 Å². The summed E-state index contributed by atoms with van der Waals surface area (Å²) >= 11 is 1.58. The summed E-state index contributed by atoms with van der Waals surface area (Å²) in [7, 11) is 0. The molecule has 4 heteroatoms. The average Bonchev–Trinajstić information content (AvgIpc) is 2.94. The summed E-state index contributed by atoms with van der Waals surface area (Å²) < 4.78 is 4.18. The molecule has 0 spiro atoms. The molecule has 1 aliphatic rings. The Morgan fingerprint density at radius 2 is 2.12 bits per heavy atom. The highest BCUT2D eigenvalue weighted by molar-refractivity contribution is 7.05. The molecule has 1 heterocycles. The number of aromatic nitrogens is 2. The van der Waals surface area contributed by atoms with Gasteiger partial charge in [-0.3, -0.25) is 0 Å². The first-order chi connectivity index (χ1) is 8.04. The predicted molar refractivity (Wildman–Crippen MR) is 72.4 cm³/mol. The third kappa shape index (κ3) is 3.05. The first kappa shape index (κ1) is 13.0. The van der Waals surface area contributed by atoms with Crippen molar-refractivity contribution in [2.45, 2.75) is 58.4 Å². The van der Waals surface area contributed by atoms with Crippen molar-refractivity contribution in [2.75, 3.05) is 6.54 Å². The zero-order valence-electron chi connectivity index (χ0n) is 11.3. The van der Waals surface area contributed by atoms with Crippen molar-refractivity contribution in [3.63, 3.8) is 0 Å². The molecule has 0 saturated heterocycles. The molecule has 1 fully saturated rings. The molecule has 0 aromatic carbocycles. The zero-order valence-corrected chi connectivity index (χ0v) is 12.1. The SMILES string of the molecule is CCCNC(c1snnc1C(C)(C)C)C1CC1. The fourth-order valence-electron chi connectivity index (χ4n) is 2.12. The van der Waals surface area contributed by atoms with Gasteiger partial charge in [-0.25, -0.2) is 0 Å². The topological polar surface area (TPSA) is 37.8 Å². The maximum absolute atomic E-state index is 4.36. The van der Waals surface area contributed by atoms with E-state index in [-0.39, 0.29) is 5.41 Å². The van der Waals surface area contributed by atoms with Gasteiger partial charge in [0.1, 0.15) is 0 Å². The third-order valence-corrected chi connectivity index (χ3v) is 4.02. The van der Waals surface area contributed by atoms with Crippen molar-refractivity contribution in [3.05, 3.63) is 10.6 Å². The Bertz CT molecular complexity index is 363. The number of hydrogen-bond acceptors (Lipinski definition) is 4. The highest BCUT2D eigenvalue weighted by atomic mass is 32.1. The molecule has 17 heavy (non-hydrogen) atoms. The van der Waals surface area contributed by atoms with Crippen LogP contribution in [-0.4, -0.2) is 16.1 Å². The first-order valence-corrected chi connectivity index (χ1v) is 7.37. The van der Waals surface area contributed by atoms with Crippen LogP contribution in [0.15, 0.2) is 0 Å². The lowest BCUT2D eigenvalue weighted by Gasteiger charge is -2.22. The van der Waals surface area contributed by atoms with E-state index in [1.165, 1.54) is 29.8 Å². The molecule has 2 rings (SSSR count). The monoisotopic (exact) mass is 253 g/mol. The first-order valence-electron chi connectivity index (χ1n) is 6.60. The minimum absolute atomic E-state index is 0.101. The van der Waals surface area contributed by atoms with Crippen LogP contribution in [0.2, 0.25) is 0 Å². The second-order valence-electron chi connectivity index (χ2n) is 6.01. The fourth-order valence-corrected chi connectivity index (χ4v) is 3.16. The van der Waals surface area contributed by atoms with Crippen LogP contribution in [0, 0.1) is 5.92 Å². The van der Waals surface area contributed by atoms with Crippen LogP contribution in [0.4, 0.5) is 0 Å². The van der Waals surface area contributed by atoms with E-state index < -0.39 is 0 Å². The van der Waals surface area contributed by atoms with Crippen LogP contribution in [-0.2, 0) is 5.41 Å². The van der Waals surface area contributed by atoms with Gasteiger partial charge in [-0.2, -0.15) is 0 Å². The predicted octanol–water partition coefficient (Wildman–Crippen LogP) is 3.29. The number of hydrogen-bond donors (Lipinski definition) is 1. The summed E-state index contributed by atoms with van der Waals surface area (Å²) in [5.74, 6) is 0.810. The van der Waals surface area contributed by atoms with Crippen molar-refractivity contribution in [1.82, 2.24) is 14.9 Å². The van der Waals surface area contributed by atoms with Gasteiger partial charge >= 0.3 is 0 Å². The van der Waals surface area contributed by atoms with Gasteiger partial charge in [0.25, 0.3) is 0 Å². The lowest BCUT2D eigenvalue weighted by Crippen LogP contribution is -2.26. The molecule has 1 atom stereocenters. The second-order valence-corrected chi connectivity index (χ2v) is 6.79. The van der Waals surface area contributed by atoms with E-state index in [0.29, 0.717) is 6.04 Å². The summed E-state index contributed by atoms with van der Waals surface area (Å²) in [6.07, 6.45) is 3.88. The maximum Gasteiger partial charge on any atom is 0.0857 e. The molecular weight excluding hydrogens is 230 g/mol. The Kier molecular flexibility index (Phi) is 3.83. The van der Waals surface area contributed by atoms with Crippen LogP contribution in [0.1, 0.15) is 63.6 Å². The minimum Gasteiger partial charge on any atom is -0.309 e.